The SMILES string of the molecule is CCCCCCCCCCCCCCCCCC(=O)O.N[C@@H](CCC(=O)O)C(=O)[O-].[Na+]. The predicted octanol–water partition coefficient (Wildman–Crippen LogP) is 1.26. The van der Waals surface area contributed by atoms with Crippen molar-refractivity contribution in [3.05, 3.63) is 0 Å². The van der Waals surface area contributed by atoms with E-state index >= 15 is 0 Å². The van der Waals surface area contributed by atoms with Crippen molar-refractivity contribution in [2.24, 2.45) is 5.73 Å². The summed E-state index contributed by atoms with van der Waals surface area (Å²) in [5.41, 5.74) is 4.94. The number of carbonyl (C=O) groups is 3. The molecule has 0 saturated heterocycles. The average Bonchev–Trinajstić information content (AvgIpc) is 2.69. The van der Waals surface area contributed by atoms with Gasteiger partial charge in [0, 0.05) is 18.9 Å². The molecule has 0 amide bonds. The normalized spacial score (nSPS) is 11.0. The minimum Gasteiger partial charge on any atom is -0.548 e. The van der Waals surface area contributed by atoms with Crippen molar-refractivity contribution in [3.63, 3.8) is 0 Å². The first-order valence-electron chi connectivity index (χ1n) is 11.7. The van der Waals surface area contributed by atoms with Crippen LogP contribution in [0.15, 0.2) is 0 Å². The number of unbranched alkanes of at least 4 members (excludes halogenated alkanes) is 14. The molecule has 0 spiro atoms. The van der Waals surface area contributed by atoms with Crippen molar-refractivity contribution >= 4 is 17.9 Å². The zero-order valence-corrected chi connectivity index (χ0v) is 21.9. The molecule has 0 bridgehead atoms. The van der Waals surface area contributed by atoms with Gasteiger partial charge in [-0.05, 0) is 12.8 Å². The van der Waals surface area contributed by atoms with E-state index in [1.807, 2.05) is 0 Å². The van der Waals surface area contributed by atoms with Gasteiger partial charge in [-0.1, -0.05) is 96.8 Å². The molecule has 0 saturated carbocycles. The predicted molar refractivity (Wildman–Crippen MR) is 117 cm³/mol. The van der Waals surface area contributed by atoms with Crippen LogP contribution in [0.3, 0.4) is 0 Å². The van der Waals surface area contributed by atoms with Gasteiger partial charge in [-0.3, -0.25) is 9.59 Å². The fourth-order valence-electron chi connectivity index (χ4n) is 3.04. The van der Waals surface area contributed by atoms with Gasteiger partial charge in [0.25, 0.3) is 0 Å². The summed E-state index contributed by atoms with van der Waals surface area (Å²) in [7, 11) is 0. The molecule has 0 aromatic carbocycles. The second-order valence-electron chi connectivity index (χ2n) is 7.95. The molecule has 0 aliphatic heterocycles. The van der Waals surface area contributed by atoms with Crippen LogP contribution in [0.4, 0.5) is 0 Å². The fourth-order valence-corrected chi connectivity index (χ4v) is 3.04. The summed E-state index contributed by atoms with van der Waals surface area (Å²) in [4.78, 5) is 30.1. The van der Waals surface area contributed by atoms with Gasteiger partial charge in [0.15, 0.2) is 0 Å². The molecule has 0 aliphatic carbocycles. The Morgan fingerprint density at radius 3 is 1.29 bits per heavy atom. The molecule has 1 atom stereocenters. The van der Waals surface area contributed by atoms with Crippen LogP contribution in [0.1, 0.15) is 122 Å². The summed E-state index contributed by atoms with van der Waals surface area (Å²) in [6, 6.07) is -1.17. The second-order valence-corrected chi connectivity index (χ2v) is 7.95. The third-order valence-corrected chi connectivity index (χ3v) is 4.97. The van der Waals surface area contributed by atoms with Crippen LogP contribution in [-0.4, -0.2) is 34.2 Å². The monoisotopic (exact) mass is 453 g/mol. The van der Waals surface area contributed by atoms with Crippen LogP contribution < -0.4 is 40.4 Å². The van der Waals surface area contributed by atoms with Crippen LogP contribution in [-0.2, 0) is 14.4 Å². The Balaban J connectivity index is -0.000000604. The summed E-state index contributed by atoms with van der Waals surface area (Å²) in [6.07, 6.45) is 19.9. The van der Waals surface area contributed by atoms with Crippen molar-refractivity contribution in [2.75, 3.05) is 0 Å². The van der Waals surface area contributed by atoms with E-state index in [4.69, 9.17) is 15.9 Å². The smallest absolute Gasteiger partial charge is 0.548 e. The number of hydrogen-bond donors (Lipinski definition) is 3. The number of carboxylic acid groups (broad SMARTS) is 3. The minimum atomic E-state index is -1.42. The van der Waals surface area contributed by atoms with Crippen LogP contribution in [0, 0.1) is 0 Å². The van der Waals surface area contributed by atoms with E-state index in [-0.39, 0.29) is 42.4 Å². The third-order valence-electron chi connectivity index (χ3n) is 4.97. The molecule has 0 heterocycles. The standard InChI is InChI=1S/C18H36O2.C5H9NO4.Na/c1-2-3-4-5-6-7-8-9-10-11-12-13-14-15-16-17-18(19)20;6-3(5(9)10)1-2-4(7)8;/h2-17H2,1H3,(H,19,20);3H,1-2,6H2,(H,7,8)(H,9,10);/q;;+1/p-1/t;3-;/m.0./s1. The molecule has 0 rings (SSSR count). The molecule has 0 fully saturated rings. The number of carboxylic acids is 3. The maximum atomic E-state index is 10.3. The van der Waals surface area contributed by atoms with Crippen LogP contribution in [0.5, 0.6) is 0 Å². The zero-order chi connectivity index (χ0) is 23.0. The van der Waals surface area contributed by atoms with E-state index < -0.39 is 23.9 Å². The van der Waals surface area contributed by atoms with Gasteiger partial charge < -0.3 is 25.8 Å². The number of nitrogens with two attached hydrogens (primary N) is 1. The molecule has 0 aromatic rings. The number of carbonyl (C=O) groups excluding carboxylic acids is 1. The van der Waals surface area contributed by atoms with Crippen molar-refractivity contribution in [3.8, 4) is 0 Å². The van der Waals surface area contributed by atoms with Crippen molar-refractivity contribution < 1.29 is 59.3 Å². The first kappa shape index (κ1) is 35.0. The van der Waals surface area contributed by atoms with E-state index in [0.29, 0.717) is 6.42 Å². The zero-order valence-electron chi connectivity index (χ0n) is 19.9. The van der Waals surface area contributed by atoms with E-state index in [9.17, 15) is 19.5 Å². The average molecular weight is 454 g/mol. The molecule has 7 nitrogen and oxygen atoms in total. The maximum absolute atomic E-state index is 10.3. The number of hydrogen-bond acceptors (Lipinski definition) is 5. The van der Waals surface area contributed by atoms with Crippen molar-refractivity contribution in [1.82, 2.24) is 0 Å². The minimum absolute atomic E-state index is 0. The number of rotatable bonds is 20. The summed E-state index contributed by atoms with van der Waals surface area (Å²) in [5, 5.41) is 26.5. The topological polar surface area (TPSA) is 141 Å². The Labute approximate surface area is 210 Å². The maximum Gasteiger partial charge on any atom is 1.00 e. The second kappa shape index (κ2) is 27.4. The quantitative estimate of drug-likeness (QED) is 0.186. The first-order valence-corrected chi connectivity index (χ1v) is 11.7. The molecule has 0 radical (unpaired) electrons. The Hall–Kier alpha value is -0.630. The van der Waals surface area contributed by atoms with Crippen LogP contribution >= 0.6 is 0 Å². The first-order chi connectivity index (χ1) is 14.3. The Bertz CT molecular complexity index is 434. The van der Waals surface area contributed by atoms with E-state index in [0.717, 1.165) is 12.8 Å². The van der Waals surface area contributed by atoms with Gasteiger partial charge in [0.05, 0.1) is 5.97 Å². The Morgan fingerprint density at radius 1 is 0.677 bits per heavy atom. The van der Waals surface area contributed by atoms with Gasteiger partial charge in [-0.15, -0.1) is 0 Å². The summed E-state index contributed by atoms with van der Waals surface area (Å²) >= 11 is 0. The Kier molecular flexibility index (Phi) is 30.9. The van der Waals surface area contributed by atoms with Gasteiger partial charge in [0.2, 0.25) is 0 Å². The largest absolute Gasteiger partial charge is 1.00 e. The summed E-state index contributed by atoms with van der Waals surface area (Å²) < 4.78 is 0. The molecule has 0 aliphatic rings. The molecule has 4 N–H and O–H groups in total. The van der Waals surface area contributed by atoms with Gasteiger partial charge in [-0.25, -0.2) is 0 Å². The summed E-state index contributed by atoms with van der Waals surface area (Å²) in [6.45, 7) is 2.27. The van der Waals surface area contributed by atoms with Crippen LogP contribution in [0.2, 0.25) is 0 Å². The fraction of sp³-hybridized carbons (Fsp3) is 0.870. The molecular weight excluding hydrogens is 409 g/mol. The third kappa shape index (κ3) is 34.2. The number of aliphatic carboxylic acids is 3. The van der Waals surface area contributed by atoms with Gasteiger partial charge in [0.1, 0.15) is 0 Å². The van der Waals surface area contributed by atoms with Gasteiger partial charge >= 0.3 is 41.5 Å². The molecule has 31 heavy (non-hydrogen) atoms. The molecule has 0 unspecified atom stereocenters. The van der Waals surface area contributed by atoms with Crippen molar-refractivity contribution in [2.45, 2.75) is 129 Å². The molecule has 178 valence electrons. The van der Waals surface area contributed by atoms with Crippen molar-refractivity contribution in [1.29, 1.82) is 0 Å². The van der Waals surface area contributed by atoms with Crippen LogP contribution in [0.25, 0.3) is 0 Å². The van der Waals surface area contributed by atoms with E-state index in [2.05, 4.69) is 6.92 Å². The molecule has 8 heteroatoms. The van der Waals surface area contributed by atoms with E-state index in [1.54, 1.807) is 0 Å². The Morgan fingerprint density at radius 2 is 1.00 bits per heavy atom. The summed E-state index contributed by atoms with van der Waals surface area (Å²) in [5.74, 6) is -3.13. The van der Waals surface area contributed by atoms with Gasteiger partial charge in [-0.2, -0.15) is 0 Å². The molecule has 0 aromatic heterocycles. The van der Waals surface area contributed by atoms with E-state index in [1.165, 1.54) is 83.5 Å². The molecular formula is C23H44NNaO6.